The number of aromatic amines is 1. The molecule has 2 aliphatic rings. The smallest absolute Gasteiger partial charge is 0.0588 e. The van der Waals surface area contributed by atoms with E-state index >= 15 is 0 Å². The van der Waals surface area contributed by atoms with Crippen LogP contribution >= 0.6 is 0 Å². The summed E-state index contributed by atoms with van der Waals surface area (Å²) in [6.07, 6.45) is 7.76. The number of fused-ring (bicyclic) bond motifs is 1. The SMILES string of the molecule is c1ccc2c([C@H]3CCN(CC[C@H]4CCCO4)C3)c[nH]c2c1. The quantitative estimate of drug-likeness (QED) is 0.930. The van der Waals surface area contributed by atoms with E-state index < -0.39 is 0 Å². The average molecular weight is 284 g/mol. The summed E-state index contributed by atoms with van der Waals surface area (Å²) in [5.41, 5.74) is 2.77. The van der Waals surface area contributed by atoms with Gasteiger partial charge in [0.1, 0.15) is 0 Å². The summed E-state index contributed by atoms with van der Waals surface area (Å²) >= 11 is 0. The van der Waals surface area contributed by atoms with Gasteiger partial charge in [0.25, 0.3) is 0 Å². The van der Waals surface area contributed by atoms with Crippen LogP contribution in [0.2, 0.25) is 0 Å². The van der Waals surface area contributed by atoms with Crippen LogP contribution in [-0.2, 0) is 4.74 Å². The molecule has 4 rings (SSSR count). The maximum Gasteiger partial charge on any atom is 0.0588 e. The highest BCUT2D eigenvalue weighted by Crippen LogP contribution is 2.32. The van der Waals surface area contributed by atoms with Crippen LogP contribution < -0.4 is 0 Å². The van der Waals surface area contributed by atoms with Crippen molar-refractivity contribution in [1.82, 2.24) is 9.88 Å². The normalized spacial score (nSPS) is 26.9. The topological polar surface area (TPSA) is 28.3 Å². The lowest BCUT2D eigenvalue weighted by molar-refractivity contribution is 0.0948. The number of ether oxygens (including phenoxy) is 1. The Morgan fingerprint density at radius 2 is 2.19 bits per heavy atom. The molecule has 21 heavy (non-hydrogen) atoms. The molecule has 1 aromatic heterocycles. The highest BCUT2D eigenvalue weighted by molar-refractivity contribution is 5.83. The molecular weight excluding hydrogens is 260 g/mol. The van der Waals surface area contributed by atoms with E-state index in [1.807, 2.05) is 0 Å². The van der Waals surface area contributed by atoms with Crippen molar-refractivity contribution in [1.29, 1.82) is 0 Å². The van der Waals surface area contributed by atoms with Crippen LogP contribution in [0.15, 0.2) is 30.5 Å². The number of aromatic nitrogens is 1. The van der Waals surface area contributed by atoms with Gasteiger partial charge < -0.3 is 14.6 Å². The van der Waals surface area contributed by atoms with Crippen LogP contribution in [0.25, 0.3) is 10.9 Å². The lowest BCUT2D eigenvalue weighted by Gasteiger charge is -2.18. The zero-order valence-corrected chi connectivity index (χ0v) is 12.6. The molecule has 0 radical (unpaired) electrons. The van der Waals surface area contributed by atoms with Gasteiger partial charge in [0.2, 0.25) is 0 Å². The number of nitrogens with one attached hydrogen (secondary N) is 1. The molecule has 0 saturated carbocycles. The van der Waals surface area contributed by atoms with Gasteiger partial charge in [-0.2, -0.15) is 0 Å². The summed E-state index contributed by atoms with van der Waals surface area (Å²) in [5, 5.41) is 1.41. The minimum absolute atomic E-state index is 0.525. The number of likely N-dealkylation sites (tertiary alicyclic amines) is 1. The van der Waals surface area contributed by atoms with Crippen LogP contribution in [-0.4, -0.2) is 42.2 Å². The fourth-order valence-corrected chi connectivity index (χ4v) is 3.92. The van der Waals surface area contributed by atoms with E-state index in [0.717, 1.165) is 6.61 Å². The zero-order chi connectivity index (χ0) is 14.1. The van der Waals surface area contributed by atoms with Crippen LogP contribution in [0.1, 0.15) is 37.2 Å². The summed E-state index contributed by atoms with van der Waals surface area (Å²) in [4.78, 5) is 6.04. The van der Waals surface area contributed by atoms with Gasteiger partial charge in [0.15, 0.2) is 0 Å². The lowest BCUT2D eigenvalue weighted by Crippen LogP contribution is -2.24. The number of hydrogen-bond donors (Lipinski definition) is 1. The fourth-order valence-electron chi connectivity index (χ4n) is 3.92. The number of rotatable bonds is 4. The van der Waals surface area contributed by atoms with E-state index in [9.17, 15) is 0 Å². The first-order valence-electron chi connectivity index (χ1n) is 8.30. The Morgan fingerprint density at radius 1 is 1.24 bits per heavy atom. The molecular formula is C18H24N2O. The molecule has 112 valence electrons. The van der Waals surface area contributed by atoms with E-state index in [4.69, 9.17) is 4.74 Å². The maximum absolute atomic E-state index is 5.74. The van der Waals surface area contributed by atoms with E-state index in [2.05, 4.69) is 40.3 Å². The largest absolute Gasteiger partial charge is 0.378 e. The third kappa shape index (κ3) is 2.72. The van der Waals surface area contributed by atoms with Gasteiger partial charge >= 0.3 is 0 Å². The molecule has 3 heterocycles. The monoisotopic (exact) mass is 284 g/mol. The maximum atomic E-state index is 5.74. The second-order valence-corrected chi connectivity index (χ2v) is 6.50. The van der Waals surface area contributed by atoms with Crippen molar-refractivity contribution in [3.8, 4) is 0 Å². The second-order valence-electron chi connectivity index (χ2n) is 6.50. The van der Waals surface area contributed by atoms with Crippen molar-refractivity contribution >= 4 is 10.9 Å². The standard InChI is InChI=1S/C18H24N2O/c1-2-6-18-16(5-1)17(12-19-18)14-7-9-20(13-14)10-8-15-4-3-11-21-15/h1-2,5-6,12,14-15,19H,3-4,7-11,13H2/t14-,15+/m0/s1. The Bertz CT molecular complexity index is 600. The molecule has 3 nitrogen and oxygen atoms in total. The molecule has 2 fully saturated rings. The van der Waals surface area contributed by atoms with Gasteiger partial charge in [-0.15, -0.1) is 0 Å². The number of nitrogens with zero attached hydrogens (tertiary/aromatic N) is 1. The molecule has 0 unspecified atom stereocenters. The zero-order valence-electron chi connectivity index (χ0n) is 12.6. The summed E-state index contributed by atoms with van der Waals surface area (Å²) in [6.45, 7) is 4.61. The minimum atomic E-state index is 0.525. The molecule has 2 saturated heterocycles. The highest BCUT2D eigenvalue weighted by Gasteiger charge is 2.26. The van der Waals surface area contributed by atoms with Crippen molar-refractivity contribution in [3.05, 3.63) is 36.0 Å². The van der Waals surface area contributed by atoms with Crippen LogP contribution in [0.3, 0.4) is 0 Å². The molecule has 0 aliphatic carbocycles. The molecule has 2 atom stereocenters. The average Bonchev–Trinajstić information content (AvgIpc) is 3.25. The van der Waals surface area contributed by atoms with Gasteiger partial charge in [-0.05, 0) is 49.8 Å². The predicted octanol–water partition coefficient (Wildman–Crippen LogP) is 3.53. The Morgan fingerprint density at radius 3 is 3.10 bits per heavy atom. The van der Waals surface area contributed by atoms with Crippen molar-refractivity contribution < 1.29 is 4.74 Å². The molecule has 0 amide bonds. The van der Waals surface area contributed by atoms with Crippen molar-refractivity contribution in [3.63, 3.8) is 0 Å². The Kier molecular flexibility index (Phi) is 3.70. The van der Waals surface area contributed by atoms with Gasteiger partial charge in [0.05, 0.1) is 6.10 Å². The summed E-state index contributed by atoms with van der Waals surface area (Å²) in [6, 6.07) is 8.66. The van der Waals surface area contributed by atoms with Crippen molar-refractivity contribution in [2.75, 3.05) is 26.2 Å². The van der Waals surface area contributed by atoms with Gasteiger partial charge in [-0.1, -0.05) is 18.2 Å². The van der Waals surface area contributed by atoms with Crippen LogP contribution in [0, 0.1) is 0 Å². The third-order valence-electron chi connectivity index (χ3n) is 5.12. The molecule has 3 heteroatoms. The summed E-state index contributed by atoms with van der Waals surface area (Å²) in [5.74, 6) is 0.686. The number of hydrogen-bond acceptors (Lipinski definition) is 2. The number of benzene rings is 1. The Labute approximate surface area is 126 Å². The first kappa shape index (κ1) is 13.4. The van der Waals surface area contributed by atoms with Gasteiger partial charge in [0, 0.05) is 36.8 Å². The molecule has 2 aromatic rings. The van der Waals surface area contributed by atoms with Crippen molar-refractivity contribution in [2.45, 2.75) is 37.7 Å². The van der Waals surface area contributed by atoms with E-state index in [1.165, 1.54) is 61.8 Å². The second kappa shape index (κ2) is 5.82. The first-order chi connectivity index (χ1) is 10.4. The van der Waals surface area contributed by atoms with E-state index in [-0.39, 0.29) is 0 Å². The minimum Gasteiger partial charge on any atom is -0.378 e. The number of H-pyrrole nitrogens is 1. The lowest BCUT2D eigenvalue weighted by atomic mass is 9.98. The van der Waals surface area contributed by atoms with Gasteiger partial charge in [-0.3, -0.25) is 0 Å². The molecule has 2 aliphatic heterocycles. The highest BCUT2D eigenvalue weighted by atomic mass is 16.5. The number of para-hydroxylation sites is 1. The summed E-state index contributed by atoms with van der Waals surface area (Å²) in [7, 11) is 0. The summed E-state index contributed by atoms with van der Waals surface area (Å²) < 4.78 is 5.74. The van der Waals surface area contributed by atoms with E-state index in [1.54, 1.807) is 0 Å². The Hall–Kier alpha value is -1.32. The predicted molar refractivity (Wildman–Crippen MR) is 85.7 cm³/mol. The molecule has 1 N–H and O–H groups in total. The van der Waals surface area contributed by atoms with E-state index in [0.29, 0.717) is 12.0 Å². The molecule has 1 aromatic carbocycles. The molecule has 0 spiro atoms. The van der Waals surface area contributed by atoms with Gasteiger partial charge in [-0.25, -0.2) is 0 Å². The fraction of sp³-hybridized carbons (Fsp3) is 0.556. The molecule has 0 bridgehead atoms. The first-order valence-corrected chi connectivity index (χ1v) is 8.30. The van der Waals surface area contributed by atoms with Crippen molar-refractivity contribution in [2.24, 2.45) is 0 Å². The Balaban J connectivity index is 1.39. The third-order valence-corrected chi connectivity index (χ3v) is 5.12. The van der Waals surface area contributed by atoms with Crippen LogP contribution in [0.5, 0.6) is 0 Å². The van der Waals surface area contributed by atoms with Crippen LogP contribution in [0.4, 0.5) is 0 Å².